The summed E-state index contributed by atoms with van der Waals surface area (Å²) in [6, 6.07) is 6.08. The van der Waals surface area contributed by atoms with Gasteiger partial charge < -0.3 is 15.4 Å². The maximum atomic E-state index is 12.7. The molecule has 0 aliphatic carbocycles. The van der Waals surface area contributed by atoms with Gasteiger partial charge in [-0.05, 0) is 30.9 Å². The van der Waals surface area contributed by atoms with Crippen molar-refractivity contribution in [2.24, 2.45) is 11.7 Å². The smallest absolute Gasteiger partial charge is 0.234 e. The molecule has 0 bridgehead atoms. The maximum Gasteiger partial charge on any atom is 0.234 e. The van der Waals surface area contributed by atoms with Crippen LogP contribution in [0.2, 0.25) is 0 Å². The van der Waals surface area contributed by atoms with E-state index in [1.165, 1.54) is 5.56 Å². The van der Waals surface area contributed by atoms with Crippen LogP contribution in [-0.2, 0) is 16.0 Å². The van der Waals surface area contributed by atoms with E-state index >= 15 is 0 Å². The molecule has 4 heteroatoms. The SMILES string of the molecule is Cc1cccc2c1N(C(=O)C1COCC1N)CCC2. The zero-order chi connectivity index (χ0) is 13.4. The van der Waals surface area contributed by atoms with Gasteiger partial charge in [0.1, 0.15) is 0 Å². The first-order chi connectivity index (χ1) is 9.18. The highest BCUT2D eigenvalue weighted by atomic mass is 16.5. The molecule has 0 aromatic heterocycles. The van der Waals surface area contributed by atoms with Crippen LogP contribution in [0.25, 0.3) is 0 Å². The number of aryl methyl sites for hydroxylation is 2. The molecule has 2 unspecified atom stereocenters. The Morgan fingerprint density at radius 1 is 1.42 bits per heavy atom. The first kappa shape index (κ1) is 12.6. The molecule has 1 amide bonds. The van der Waals surface area contributed by atoms with Crippen molar-refractivity contribution in [3.05, 3.63) is 29.3 Å². The third-order valence-corrected chi connectivity index (χ3v) is 4.13. The molecule has 2 aliphatic heterocycles. The second-order valence-corrected chi connectivity index (χ2v) is 5.48. The van der Waals surface area contributed by atoms with Crippen molar-refractivity contribution in [3.8, 4) is 0 Å². The average molecular weight is 260 g/mol. The summed E-state index contributed by atoms with van der Waals surface area (Å²) in [5.41, 5.74) is 9.50. The number of carbonyl (C=O) groups excluding carboxylic acids is 1. The van der Waals surface area contributed by atoms with Crippen LogP contribution >= 0.6 is 0 Å². The molecule has 2 aliphatic rings. The molecular weight excluding hydrogens is 240 g/mol. The summed E-state index contributed by atoms with van der Waals surface area (Å²) in [5, 5.41) is 0. The van der Waals surface area contributed by atoms with E-state index < -0.39 is 0 Å². The minimum absolute atomic E-state index is 0.125. The Morgan fingerprint density at radius 2 is 2.26 bits per heavy atom. The van der Waals surface area contributed by atoms with Crippen molar-refractivity contribution in [2.45, 2.75) is 25.8 Å². The van der Waals surface area contributed by atoms with Gasteiger partial charge in [-0.1, -0.05) is 18.2 Å². The Labute approximate surface area is 113 Å². The Kier molecular flexibility index (Phi) is 3.29. The minimum atomic E-state index is -0.189. The minimum Gasteiger partial charge on any atom is -0.379 e. The van der Waals surface area contributed by atoms with E-state index in [0.717, 1.165) is 30.6 Å². The highest BCUT2D eigenvalue weighted by molar-refractivity contribution is 5.97. The molecule has 2 heterocycles. The number of ether oxygens (including phenoxy) is 1. The van der Waals surface area contributed by atoms with Crippen LogP contribution in [0.3, 0.4) is 0 Å². The second-order valence-electron chi connectivity index (χ2n) is 5.48. The van der Waals surface area contributed by atoms with Gasteiger partial charge in [0, 0.05) is 18.3 Å². The van der Waals surface area contributed by atoms with Gasteiger partial charge in [-0.3, -0.25) is 4.79 Å². The maximum absolute atomic E-state index is 12.7. The number of anilines is 1. The number of rotatable bonds is 1. The number of para-hydroxylation sites is 1. The van der Waals surface area contributed by atoms with Gasteiger partial charge in [-0.15, -0.1) is 0 Å². The van der Waals surface area contributed by atoms with Crippen molar-refractivity contribution in [1.29, 1.82) is 0 Å². The highest BCUT2D eigenvalue weighted by Crippen LogP contribution is 2.32. The van der Waals surface area contributed by atoms with E-state index in [4.69, 9.17) is 10.5 Å². The number of hydrogen-bond donors (Lipinski definition) is 1. The highest BCUT2D eigenvalue weighted by Gasteiger charge is 2.36. The number of carbonyl (C=O) groups is 1. The van der Waals surface area contributed by atoms with Crippen LogP contribution in [-0.4, -0.2) is 31.7 Å². The lowest BCUT2D eigenvalue weighted by Gasteiger charge is -2.33. The van der Waals surface area contributed by atoms with Gasteiger partial charge in [-0.25, -0.2) is 0 Å². The van der Waals surface area contributed by atoms with Gasteiger partial charge in [0.25, 0.3) is 0 Å². The molecule has 1 fully saturated rings. The zero-order valence-corrected chi connectivity index (χ0v) is 11.3. The molecule has 1 aromatic carbocycles. The second kappa shape index (κ2) is 4.94. The molecule has 0 saturated carbocycles. The third kappa shape index (κ3) is 2.15. The van der Waals surface area contributed by atoms with E-state index in [0.29, 0.717) is 13.2 Å². The van der Waals surface area contributed by atoms with Crippen molar-refractivity contribution in [3.63, 3.8) is 0 Å². The van der Waals surface area contributed by atoms with Crippen LogP contribution in [0.15, 0.2) is 18.2 Å². The predicted molar refractivity (Wildman–Crippen MR) is 74.1 cm³/mol. The van der Waals surface area contributed by atoms with E-state index in [1.54, 1.807) is 0 Å². The fourth-order valence-corrected chi connectivity index (χ4v) is 3.09. The van der Waals surface area contributed by atoms with Gasteiger partial charge in [0.05, 0.1) is 19.1 Å². The molecule has 1 aromatic rings. The van der Waals surface area contributed by atoms with Gasteiger partial charge in [-0.2, -0.15) is 0 Å². The van der Waals surface area contributed by atoms with Crippen LogP contribution in [0.5, 0.6) is 0 Å². The lowest BCUT2D eigenvalue weighted by molar-refractivity contribution is -0.122. The number of nitrogens with zero attached hydrogens (tertiary/aromatic N) is 1. The molecule has 19 heavy (non-hydrogen) atoms. The van der Waals surface area contributed by atoms with Crippen molar-refractivity contribution in [1.82, 2.24) is 0 Å². The quantitative estimate of drug-likeness (QED) is 0.826. The Morgan fingerprint density at radius 3 is 3.00 bits per heavy atom. The molecule has 0 spiro atoms. The largest absolute Gasteiger partial charge is 0.379 e. The Balaban J connectivity index is 1.93. The topological polar surface area (TPSA) is 55.6 Å². The molecule has 102 valence electrons. The van der Waals surface area contributed by atoms with Crippen LogP contribution in [0.4, 0.5) is 5.69 Å². The summed E-state index contributed by atoms with van der Waals surface area (Å²) >= 11 is 0. The summed E-state index contributed by atoms with van der Waals surface area (Å²) in [6.45, 7) is 3.80. The summed E-state index contributed by atoms with van der Waals surface area (Å²) in [5.74, 6) is -0.0641. The Hall–Kier alpha value is -1.39. The fraction of sp³-hybridized carbons (Fsp3) is 0.533. The first-order valence-corrected chi connectivity index (χ1v) is 6.91. The first-order valence-electron chi connectivity index (χ1n) is 6.91. The average Bonchev–Trinajstić information content (AvgIpc) is 2.84. The lowest BCUT2D eigenvalue weighted by Crippen LogP contribution is -2.45. The van der Waals surface area contributed by atoms with E-state index in [9.17, 15) is 4.79 Å². The monoisotopic (exact) mass is 260 g/mol. The van der Waals surface area contributed by atoms with E-state index in [1.807, 2.05) is 4.90 Å². The third-order valence-electron chi connectivity index (χ3n) is 4.13. The summed E-state index contributed by atoms with van der Waals surface area (Å²) < 4.78 is 5.33. The summed E-state index contributed by atoms with van der Waals surface area (Å²) in [6.07, 6.45) is 2.07. The summed E-state index contributed by atoms with van der Waals surface area (Å²) in [7, 11) is 0. The normalized spacial score (nSPS) is 26.3. The zero-order valence-electron chi connectivity index (χ0n) is 11.3. The van der Waals surface area contributed by atoms with Crippen LogP contribution in [0, 0.1) is 12.8 Å². The van der Waals surface area contributed by atoms with Crippen LogP contribution < -0.4 is 10.6 Å². The van der Waals surface area contributed by atoms with Crippen molar-refractivity contribution >= 4 is 11.6 Å². The number of nitrogens with two attached hydrogens (primary N) is 1. The number of hydrogen-bond acceptors (Lipinski definition) is 3. The molecule has 2 atom stereocenters. The molecule has 4 nitrogen and oxygen atoms in total. The standard InChI is InChI=1S/C15H20N2O2/c1-10-4-2-5-11-6-3-7-17(14(10)11)15(18)12-8-19-9-13(12)16/h2,4-5,12-13H,3,6-9,16H2,1H3. The predicted octanol–water partition coefficient (Wildman–Crippen LogP) is 1.25. The number of amides is 1. The number of benzene rings is 1. The lowest BCUT2D eigenvalue weighted by atomic mass is 9.95. The Bertz CT molecular complexity index is 501. The molecule has 1 saturated heterocycles. The van der Waals surface area contributed by atoms with Crippen molar-refractivity contribution < 1.29 is 9.53 Å². The fourth-order valence-electron chi connectivity index (χ4n) is 3.09. The molecule has 0 radical (unpaired) electrons. The van der Waals surface area contributed by atoms with Gasteiger partial charge >= 0.3 is 0 Å². The van der Waals surface area contributed by atoms with Crippen LogP contribution in [0.1, 0.15) is 17.5 Å². The molecular formula is C15H20N2O2. The number of fused-ring (bicyclic) bond motifs is 1. The molecule has 2 N–H and O–H groups in total. The van der Waals surface area contributed by atoms with Gasteiger partial charge in [0.15, 0.2) is 0 Å². The molecule has 3 rings (SSSR count). The van der Waals surface area contributed by atoms with Crippen molar-refractivity contribution in [2.75, 3.05) is 24.7 Å². The van der Waals surface area contributed by atoms with E-state index in [2.05, 4.69) is 25.1 Å². The summed E-state index contributed by atoms with van der Waals surface area (Å²) in [4.78, 5) is 14.6. The van der Waals surface area contributed by atoms with E-state index in [-0.39, 0.29) is 17.9 Å². The van der Waals surface area contributed by atoms with Gasteiger partial charge in [0.2, 0.25) is 5.91 Å².